The monoisotopic (exact) mass is 784 g/mol. The molecule has 54 heavy (non-hydrogen) atoms. The van der Waals surface area contributed by atoms with Crippen molar-refractivity contribution in [2.75, 3.05) is 40.9 Å². The molecular weight excluding hydrogens is 695 g/mol. The summed E-state index contributed by atoms with van der Waals surface area (Å²) in [6.45, 7) is 4.76. The Hall–Kier alpha value is -1.28. The van der Waals surface area contributed by atoms with Crippen LogP contribution >= 0.6 is 7.82 Å². The Morgan fingerprint density at radius 3 is 1.52 bits per heavy atom. The van der Waals surface area contributed by atoms with Gasteiger partial charge in [-0.15, -0.1) is 0 Å². The van der Waals surface area contributed by atoms with Crippen molar-refractivity contribution < 1.29 is 32.9 Å². The van der Waals surface area contributed by atoms with Gasteiger partial charge in [-0.1, -0.05) is 172 Å². The molecule has 0 aromatic carbocycles. The summed E-state index contributed by atoms with van der Waals surface area (Å²) in [6, 6.07) is -0.844. The maximum absolute atomic E-state index is 12.8. The highest BCUT2D eigenvalue weighted by Gasteiger charge is 2.27. The molecule has 3 unspecified atom stereocenters. The first kappa shape index (κ1) is 52.7. The van der Waals surface area contributed by atoms with Gasteiger partial charge in [-0.2, -0.15) is 0 Å². The number of rotatable bonds is 40. The highest BCUT2D eigenvalue weighted by Crippen LogP contribution is 2.43. The standard InChI is InChI=1S/C45H87N2O6P/c1-6-8-10-12-14-16-17-18-19-20-21-22-23-24-25-26-27-28-29-31-33-35-37-39-45(49)46-43(42-53-54(50,51)52-41-40-47(3,4)5)44(48)38-36-34-32-30-15-13-11-9-7-2/h17-18,20-21,36,38,43-44,48H,6-16,19,22-35,37,39-42H2,1-5H3,(H-,46,49,50,51)/p+1/b18-17-,21-20-,38-36+. The van der Waals surface area contributed by atoms with Crippen LogP contribution in [0.15, 0.2) is 36.5 Å². The molecule has 3 atom stereocenters. The van der Waals surface area contributed by atoms with Gasteiger partial charge in [0, 0.05) is 6.42 Å². The molecule has 8 nitrogen and oxygen atoms in total. The number of phosphoric acid groups is 1. The quantitative estimate of drug-likeness (QED) is 0.0247. The molecular formula is C45H88N2O6P+. The lowest BCUT2D eigenvalue weighted by molar-refractivity contribution is -0.870. The van der Waals surface area contributed by atoms with Crippen LogP contribution in [-0.2, 0) is 18.4 Å². The van der Waals surface area contributed by atoms with Crippen LogP contribution in [-0.4, -0.2) is 73.4 Å². The number of hydrogen-bond acceptors (Lipinski definition) is 5. The number of allylic oxidation sites excluding steroid dienone is 5. The van der Waals surface area contributed by atoms with E-state index in [0.29, 0.717) is 17.4 Å². The van der Waals surface area contributed by atoms with Gasteiger partial charge in [-0.25, -0.2) is 4.57 Å². The number of aliphatic hydroxyl groups excluding tert-OH is 1. The maximum Gasteiger partial charge on any atom is 0.472 e. The zero-order valence-corrected chi connectivity index (χ0v) is 36.9. The lowest BCUT2D eigenvalue weighted by atomic mass is 10.0. The number of carbonyl (C=O) groups is 1. The lowest BCUT2D eigenvalue weighted by Gasteiger charge is -2.25. The van der Waals surface area contributed by atoms with Crippen molar-refractivity contribution in [3.63, 3.8) is 0 Å². The normalized spacial score (nSPS) is 14.7. The van der Waals surface area contributed by atoms with Gasteiger partial charge >= 0.3 is 7.82 Å². The molecule has 0 saturated heterocycles. The number of quaternary nitrogens is 1. The van der Waals surface area contributed by atoms with Gasteiger partial charge in [-0.3, -0.25) is 13.8 Å². The van der Waals surface area contributed by atoms with Crippen LogP contribution in [0.1, 0.15) is 194 Å². The number of hydrogen-bond donors (Lipinski definition) is 3. The Balaban J connectivity index is 4.22. The van der Waals surface area contributed by atoms with E-state index in [9.17, 15) is 19.4 Å². The topological polar surface area (TPSA) is 105 Å². The molecule has 0 rings (SSSR count). The van der Waals surface area contributed by atoms with E-state index in [0.717, 1.165) is 44.9 Å². The fourth-order valence-electron chi connectivity index (χ4n) is 6.25. The van der Waals surface area contributed by atoms with Crippen LogP contribution in [0.4, 0.5) is 0 Å². The number of phosphoric ester groups is 1. The van der Waals surface area contributed by atoms with E-state index in [1.54, 1.807) is 6.08 Å². The molecule has 0 aliphatic carbocycles. The SMILES string of the molecule is CCCCCCC/C=C\C/C=C\CCCCCCCCCCCCCC(=O)NC(COP(=O)(O)OCC[N+](C)(C)C)C(O)/C=C/CCCCCCCCC. The van der Waals surface area contributed by atoms with E-state index >= 15 is 0 Å². The van der Waals surface area contributed by atoms with Gasteiger partial charge < -0.3 is 19.8 Å². The Morgan fingerprint density at radius 1 is 0.630 bits per heavy atom. The van der Waals surface area contributed by atoms with E-state index in [1.807, 2.05) is 27.2 Å². The first-order valence-electron chi connectivity index (χ1n) is 22.4. The van der Waals surface area contributed by atoms with Crippen LogP contribution in [0.3, 0.4) is 0 Å². The Kier molecular flexibility index (Phi) is 36.4. The van der Waals surface area contributed by atoms with Crippen molar-refractivity contribution in [1.82, 2.24) is 5.32 Å². The molecule has 0 radical (unpaired) electrons. The van der Waals surface area contributed by atoms with Crippen LogP contribution < -0.4 is 5.32 Å². The summed E-state index contributed by atoms with van der Waals surface area (Å²) < 4.78 is 23.5. The summed E-state index contributed by atoms with van der Waals surface area (Å²) in [5.41, 5.74) is 0. The molecule has 1 amide bonds. The second-order valence-electron chi connectivity index (χ2n) is 16.4. The van der Waals surface area contributed by atoms with Crippen LogP contribution in [0.2, 0.25) is 0 Å². The second kappa shape index (κ2) is 37.3. The predicted octanol–water partition coefficient (Wildman–Crippen LogP) is 12.3. The van der Waals surface area contributed by atoms with E-state index in [-0.39, 0.29) is 19.1 Å². The van der Waals surface area contributed by atoms with Crippen LogP contribution in [0, 0.1) is 0 Å². The highest BCUT2D eigenvalue weighted by atomic mass is 31.2. The molecule has 0 aliphatic heterocycles. The third-order valence-corrected chi connectivity index (χ3v) is 10.8. The molecule has 0 spiro atoms. The number of unbranched alkanes of at least 4 members (excludes halogenated alkanes) is 23. The number of aliphatic hydroxyl groups is 1. The predicted molar refractivity (Wildman–Crippen MR) is 231 cm³/mol. The average Bonchev–Trinajstić information content (AvgIpc) is 3.12. The zero-order valence-electron chi connectivity index (χ0n) is 36.0. The fourth-order valence-corrected chi connectivity index (χ4v) is 6.98. The molecule has 318 valence electrons. The van der Waals surface area contributed by atoms with Gasteiger partial charge in [0.25, 0.3) is 0 Å². The molecule has 0 heterocycles. The smallest absolute Gasteiger partial charge is 0.387 e. The lowest BCUT2D eigenvalue weighted by Crippen LogP contribution is -2.45. The molecule has 9 heteroatoms. The first-order chi connectivity index (χ1) is 26.0. The number of carbonyl (C=O) groups excluding carboxylic acids is 1. The molecule has 0 aliphatic rings. The zero-order chi connectivity index (χ0) is 40.0. The Labute approximate surface area is 334 Å². The summed E-state index contributed by atoms with van der Waals surface area (Å²) in [7, 11) is 1.57. The Morgan fingerprint density at radius 2 is 1.06 bits per heavy atom. The van der Waals surface area contributed by atoms with Gasteiger partial charge in [-0.05, 0) is 51.4 Å². The number of nitrogens with one attached hydrogen (secondary N) is 1. The van der Waals surface area contributed by atoms with Crippen molar-refractivity contribution >= 4 is 13.7 Å². The van der Waals surface area contributed by atoms with Crippen molar-refractivity contribution in [3.8, 4) is 0 Å². The largest absolute Gasteiger partial charge is 0.472 e. The van der Waals surface area contributed by atoms with E-state index < -0.39 is 20.0 Å². The molecule has 0 saturated carbocycles. The minimum Gasteiger partial charge on any atom is -0.387 e. The number of nitrogens with zero attached hydrogens (tertiary/aromatic N) is 1. The van der Waals surface area contributed by atoms with Crippen molar-refractivity contribution in [3.05, 3.63) is 36.5 Å². The average molecular weight is 784 g/mol. The van der Waals surface area contributed by atoms with E-state index in [4.69, 9.17) is 9.05 Å². The molecule has 0 bridgehead atoms. The maximum atomic E-state index is 12.8. The van der Waals surface area contributed by atoms with E-state index in [1.165, 1.54) is 128 Å². The summed E-state index contributed by atoms with van der Waals surface area (Å²) >= 11 is 0. The van der Waals surface area contributed by atoms with Crippen molar-refractivity contribution in [1.29, 1.82) is 0 Å². The second-order valence-corrected chi connectivity index (χ2v) is 17.9. The molecule has 3 N–H and O–H groups in total. The van der Waals surface area contributed by atoms with E-state index in [2.05, 4.69) is 43.5 Å². The summed E-state index contributed by atoms with van der Waals surface area (Å²) in [5, 5.41) is 13.7. The van der Waals surface area contributed by atoms with Crippen LogP contribution in [0.25, 0.3) is 0 Å². The highest BCUT2D eigenvalue weighted by molar-refractivity contribution is 7.47. The minimum absolute atomic E-state index is 0.0607. The third-order valence-electron chi connectivity index (χ3n) is 9.85. The summed E-state index contributed by atoms with van der Waals surface area (Å²) in [4.78, 5) is 23.0. The number of likely N-dealkylation sites (N-methyl/N-ethyl adjacent to an activating group) is 1. The van der Waals surface area contributed by atoms with Crippen molar-refractivity contribution in [2.45, 2.75) is 206 Å². The first-order valence-corrected chi connectivity index (χ1v) is 23.9. The van der Waals surface area contributed by atoms with Gasteiger partial charge in [0.2, 0.25) is 5.91 Å². The van der Waals surface area contributed by atoms with Crippen LogP contribution in [0.5, 0.6) is 0 Å². The molecule has 0 fully saturated rings. The van der Waals surface area contributed by atoms with Gasteiger partial charge in [0.1, 0.15) is 13.2 Å². The summed E-state index contributed by atoms with van der Waals surface area (Å²) in [6.07, 6.45) is 45.1. The minimum atomic E-state index is -4.33. The fraction of sp³-hybridized carbons (Fsp3) is 0.844. The Bertz CT molecular complexity index is 980. The van der Waals surface area contributed by atoms with Gasteiger partial charge in [0.05, 0.1) is 39.9 Å². The molecule has 0 aromatic rings. The molecule has 0 aromatic heterocycles. The van der Waals surface area contributed by atoms with Crippen molar-refractivity contribution in [2.24, 2.45) is 0 Å². The third kappa shape index (κ3) is 39.0. The summed E-state index contributed by atoms with van der Waals surface area (Å²) in [5.74, 6) is -0.183. The van der Waals surface area contributed by atoms with Gasteiger partial charge in [0.15, 0.2) is 0 Å². The number of amides is 1.